The van der Waals surface area contributed by atoms with Crippen LogP contribution in [-0.2, 0) is 14.3 Å². The van der Waals surface area contributed by atoms with Crippen LogP contribution >= 0.6 is 0 Å². The largest absolute Gasteiger partial charge is 0.481 e. The summed E-state index contributed by atoms with van der Waals surface area (Å²) in [4.78, 5) is 23.1. The van der Waals surface area contributed by atoms with Gasteiger partial charge in [0.25, 0.3) is 0 Å². The van der Waals surface area contributed by atoms with E-state index in [0.717, 1.165) is 89.9 Å². The molecule has 0 aromatic rings. The molecule has 4 nitrogen and oxygen atoms in total. The lowest BCUT2D eigenvalue weighted by Gasteiger charge is -2.18. The van der Waals surface area contributed by atoms with Gasteiger partial charge in [-0.25, -0.2) is 0 Å². The Labute approximate surface area is 272 Å². The van der Waals surface area contributed by atoms with Gasteiger partial charge in [-0.15, -0.1) is 0 Å². The molecule has 0 heterocycles. The van der Waals surface area contributed by atoms with Gasteiger partial charge in [0, 0.05) is 12.8 Å². The zero-order valence-electron chi connectivity index (χ0n) is 28.7. The Kier molecular flexibility index (Phi) is 33.2. The topological polar surface area (TPSA) is 63.6 Å². The van der Waals surface area contributed by atoms with Gasteiger partial charge in [-0.3, -0.25) is 9.59 Å². The predicted octanol–water partition coefficient (Wildman–Crippen LogP) is 12.6. The first-order valence-corrected chi connectivity index (χ1v) is 18.3. The molecule has 0 aromatic heterocycles. The van der Waals surface area contributed by atoms with Crippen LogP contribution in [0, 0.1) is 0 Å². The number of allylic oxidation sites excluding steroid dienone is 10. The van der Waals surface area contributed by atoms with E-state index in [1.54, 1.807) is 0 Å². The van der Waals surface area contributed by atoms with E-state index in [9.17, 15) is 9.59 Å². The molecule has 0 saturated carbocycles. The van der Waals surface area contributed by atoms with Crippen LogP contribution in [0.3, 0.4) is 0 Å². The van der Waals surface area contributed by atoms with E-state index in [0.29, 0.717) is 12.8 Å². The quantitative estimate of drug-likeness (QED) is 0.0466. The number of esters is 1. The molecule has 0 bridgehead atoms. The number of carboxylic acids is 1. The molecule has 1 unspecified atom stereocenters. The van der Waals surface area contributed by atoms with Crippen LogP contribution < -0.4 is 0 Å². The smallest absolute Gasteiger partial charge is 0.306 e. The van der Waals surface area contributed by atoms with Gasteiger partial charge in [-0.1, -0.05) is 145 Å². The summed E-state index contributed by atoms with van der Waals surface area (Å²) in [6, 6.07) is 0. The number of ether oxygens (including phenoxy) is 1. The van der Waals surface area contributed by atoms with Crippen molar-refractivity contribution >= 4 is 11.9 Å². The Morgan fingerprint density at radius 3 is 1.43 bits per heavy atom. The zero-order valence-corrected chi connectivity index (χ0v) is 28.7. The van der Waals surface area contributed by atoms with E-state index in [-0.39, 0.29) is 12.1 Å². The van der Waals surface area contributed by atoms with Gasteiger partial charge in [0.2, 0.25) is 0 Å². The predicted molar refractivity (Wildman–Crippen MR) is 190 cm³/mol. The molecule has 4 heteroatoms. The van der Waals surface area contributed by atoms with Gasteiger partial charge in [-0.2, -0.15) is 0 Å². The van der Waals surface area contributed by atoms with Crippen LogP contribution in [0.4, 0.5) is 0 Å². The molecule has 0 spiro atoms. The zero-order chi connectivity index (χ0) is 32.2. The maximum atomic E-state index is 12.5. The van der Waals surface area contributed by atoms with Crippen LogP contribution in [0.2, 0.25) is 0 Å². The van der Waals surface area contributed by atoms with Crippen molar-refractivity contribution in [1.29, 1.82) is 0 Å². The summed E-state index contributed by atoms with van der Waals surface area (Å²) in [5.41, 5.74) is 0. The van der Waals surface area contributed by atoms with Crippen LogP contribution in [0.1, 0.15) is 174 Å². The molecule has 0 saturated heterocycles. The van der Waals surface area contributed by atoms with Crippen molar-refractivity contribution in [2.75, 3.05) is 0 Å². The first-order chi connectivity index (χ1) is 21.6. The van der Waals surface area contributed by atoms with Crippen molar-refractivity contribution in [2.45, 2.75) is 180 Å². The highest BCUT2D eigenvalue weighted by Crippen LogP contribution is 2.18. The average molecular weight is 613 g/mol. The molecule has 1 N–H and O–H groups in total. The fourth-order valence-electron chi connectivity index (χ4n) is 5.10. The van der Waals surface area contributed by atoms with Crippen molar-refractivity contribution in [2.24, 2.45) is 0 Å². The summed E-state index contributed by atoms with van der Waals surface area (Å²) in [5, 5.41) is 8.69. The minimum Gasteiger partial charge on any atom is -0.481 e. The second kappa shape index (κ2) is 35.1. The Morgan fingerprint density at radius 2 is 0.955 bits per heavy atom. The third-order valence-corrected chi connectivity index (χ3v) is 7.75. The maximum Gasteiger partial charge on any atom is 0.306 e. The maximum absolute atomic E-state index is 12.5. The highest BCUT2D eigenvalue weighted by Gasteiger charge is 2.14. The summed E-state index contributed by atoms with van der Waals surface area (Å²) < 4.78 is 5.94. The van der Waals surface area contributed by atoms with Crippen LogP contribution in [0.15, 0.2) is 60.8 Å². The minimum absolute atomic E-state index is 0.0267. The van der Waals surface area contributed by atoms with Gasteiger partial charge in [0.1, 0.15) is 6.10 Å². The van der Waals surface area contributed by atoms with Crippen LogP contribution in [0.25, 0.3) is 0 Å². The Hall–Kier alpha value is -2.36. The first kappa shape index (κ1) is 41.6. The number of carboxylic acid groups (broad SMARTS) is 1. The molecule has 44 heavy (non-hydrogen) atoms. The van der Waals surface area contributed by atoms with Gasteiger partial charge >= 0.3 is 11.9 Å². The van der Waals surface area contributed by atoms with E-state index in [1.807, 2.05) is 0 Å². The van der Waals surface area contributed by atoms with Crippen molar-refractivity contribution in [3.63, 3.8) is 0 Å². The van der Waals surface area contributed by atoms with Crippen molar-refractivity contribution in [1.82, 2.24) is 0 Å². The number of carbonyl (C=O) groups excluding carboxylic acids is 1. The summed E-state index contributed by atoms with van der Waals surface area (Å²) in [6.45, 7) is 4.39. The third-order valence-electron chi connectivity index (χ3n) is 7.75. The lowest BCUT2D eigenvalue weighted by molar-refractivity contribution is -0.150. The lowest BCUT2D eigenvalue weighted by atomic mass is 10.0. The molecule has 0 aliphatic rings. The molecule has 0 rings (SSSR count). The summed E-state index contributed by atoms with van der Waals surface area (Å²) in [6.07, 6.45) is 48.3. The Bertz CT molecular complexity index is 789. The Morgan fingerprint density at radius 1 is 0.523 bits per heavy atom. The Balaban J connectivity index is 3.98. The number of unbranched alkanes of at least 4 members (excludes halogenated alkanes) is 13. The number of rotatable bonds is 32. The van der Waals surface area contributed by atoms with E-state index in [1.165, 1.54) is 57.8 Å². The first-order valence-electron chi connectivity index (χ1n) is 18.3. The van der Waals surface area contributed by atoms with Gasteiger partial charge in [0.05, 0.1) is 0 Å². The van der Waals surface area contributed by atoms with E-state index in [4.69, 9.17) is 9.84 Å². The number of hydrogen-bond donors (Lipinski definition) is 1. The molecule has 252 valence electrons. The number of aliphatic carboxylic acids is 1. The standard InChI is InChI=1S/C40H68O4/c1-3-5-7-9-10-11-12-13-14-15-16-17-18-23-26-29-33-37-40(43)44-38(34-30-8-6-4-2)35-31-27-24-21-19-20-22-25-28-32-36-39(41)42/h5,7,10-11,13-14,16-17,23,26,38H,3-4,6,8-9,12,15,18-22,24-25,27-37H2,1-2H3,(H,41,42)/b7-5-,11-10-,14-13-,17-16-,26-23-. The van der Waals surface area contributed by atoms with E-state index >= 15 is 0 Å². The molecule has 0 radical (unpaired) electrons. The molecular weight excluding hydrogens is 544 g/mol. The highest BCUT2D eigenvalue weighted by molar-refractivity contribution is 5.69. The van der Waals surface area contributed by atoms with Gasteiger partial charge in [0.15, 0.2) is 0 Å². The average Bonchev–Trinajstić information content (AvgIpc) is 3.01. The second-order valence-corrected chi connectivity index (χ2v) is 12.0. The van der Waals surface area contributed by atoms with E-state index < -0.39 is 5.97 Å². The SMILES string of the molecule is CC/C=C\C/C=C\C/C=C\C/C=C\C/C=C\CCCC(=O)OC(CCCCCC)CCCCCCCCCCCCC(=O)O. The fraction of sp³-hybridized carbons (Fsp3) is 0.700. The molecular formula is C40H68O4. The normalized spacial score (nSPS) is 13.0. The second-order valence-electron chi connectivity index (χ2n) is 12.0. The lowest BCUT2D eigenvalue weighted by Crippen LogP contribution is -2.18. The van der Waals surface area contributed by atoms with E-state index in [2.05, 4.69) is 74.6 Å². The van der Waals surface area contributed by atoms with Gasteiger partial charge in [-0.05, 0) is 77.0 Å². The molecule has 1 atom stereocenters. The van der Waals surface area contributed by atoms with Crippen LogP contribution in [0.5, 0.6) is 0 Å². The van der Waals surface area contributed by atoms with Crippen molar-refractivity contribution in [3.05, 3.63) is 60.8 Å². The molecule has 0 aliphatic heterocycles. The third kappa shape index (κ3) is 34.1. The minimum atomic E-state index is -0.680. The fourth-order valence-corrected chi connectivity index (χ4v) is 5.10. The molecule has 0 fully saturated rings. The molecule has 0 amide bonds. The summed E-state index contributed by atoms with van der Waals surface area (Å²) >= 11 is 0. The van der Waals surface area contributed by atoms with Crippen LogP contribution in [-0.4, -0.2) is 23.1 Å². The summed E-state index contributed by atoms with van der Waals surface area (Å²) in [7, 11) is 0. The summed E-state index contributed by atoms with van der Waals surface area (Å²) in [5.74, 6) is -0.707. The molecule has 0 aliphatic carbocycles. The van der Waals surface area contributed by atoms with Crippen molar-refractivity contribution in [3.8, 4) is 0 Å². The number of hydrogen-bond acceptors (Lipinski definition) is 3. The van der Waals surface area contributed by atoms with Crippen molar-refractivity contribution < 1.29 is 19.4 Å². The molecule has 0 aromatic carbocycles. The highest BCUT2D eigenvalue weighted by atomic mass is 16.5. The number of carbonyl (C=O) groups is 2. The monoisotopic (exact) mass is 613 g/mol. The van der Waals surface area contributed by atoms with Gasteiger partial charge < -0.3 is 9.84 Å².